The summed E-state index contributed by atoms with van der Waals surface area (Å²) in [7, 11) is 2.00. The highest BCUT2D eigenvalue weighted by atomic mass is 16.7. The quantitative estimate of drug-likeness (QED) is 0.411. The smallest absolute Gasteiger partial charge is 0.317 e. The topological polar surface area (TPSA) is 80.6 Å². The van der Waals surface area contributed by atoms with E-state index in [1.807, 2.05) is 29.2 Å². The van der Waals surface area contributed by atoms with Gasteiger partial charge in [-0.15, -0.1) is 0 Å². The van der Waals surface area contributed by atoms with Crippen LogP contribution in [0.5, 0.6) is 0 Å². The van der Waals surface area contributed by atoms with Gasteiger partial charge in [0.1, 0.15) is 0 Å². The molecule has 2 fully saturated rings. The maximum atomic E-state index is 10.9. The van der Waals surface area contributed by atoms with Gasteiger partial charge in [0.15, 0.2) is 0 Å². The van der Waals surface area contributed by atoms with E-state index in [9.17, 15) is 4.79 Å². The highest BCUT2D eigenvalue weighted by Gasteiger charge is 2.29. The zero-order chi connectivity index (χ0) is 23.8. The standard InChI is InChI=1S/C26H35N5O3/c1-29(12-11-21-5-3-2-4-6-21)27-18-22-7-9-23(10-8-22)25-17-24(34-28-25)19-30-13-15-31(16-14-30)20-26(32)33/h2-10,18,24-25,28H,11-17,19-20H2,1H3,(H,32,33). The summed E-state index contributed by atoms with van der Waals surface area (Å²) in [5.41, 5.74) is 6.80. The molecule has 0 spiro atoms. The fourth-order valence-electron chi connectivity index (χ4n) is 4.44. The van der Waals surface area contributed by atoms with Crippen LogP contribution in [0.15, 0.2) is 59.7 Å². The lowest BCUT2D eigenvalue weighted by atomic mass is 10.0. The molecule has 0 saturated carbocycles. The Hall–Kier alpha value is -2.78. The number of nitrogens with zero attached hydrogens (tertiary/aromatic N) is 4. The van der Waals surface area contributed by atoms with E-state index in [2.05, 4.69) is 64.0 Å². The fraction of sp³-hybridized carbons (Fsp3) is 0.462. The van der Waals surface area contributed by atoms with Crippen LogP contribution in [0.3, 0.4) is 0 Å². The van der Waals surface area contributed by atoms with Crippen molar-refractivity contribution in [2.75, 3.05) is 52.9 Å². The van der Waals surface area contributed by atoms with Crippen LogP contribution >= 0.6 is 0 Å². The third-order valence-corrected chi connectivity index (χ3v) is 6.47. The summed E-state index contributed by atoms with van der Waals surface area (Å²) >= 11 is 0. The molecule has 2 aliphatic heterocycles. The number of hydrogen-bond donors (Lipinski definition) is 2. The molecule has 2 heterocycles. The monoisotopic (exact) mass is 465 g/mol. The van der Waals surface area contributed by atoms with Gasteiger partial charge in [0, 0.05) is 46.3 Å². The number of aliphatic carboxylic acids is 1. The Labute approximate surface area is 201 Å². The zero-order valence-electron chi connectivity index (χ0n) is 19.8. The second-order valence-electron chi connectivity index (χ2n) is 9.14. The first kappa shape index (κ1) is 24.3. The largest absolute Gasteiger partial charge is 0.480 e. The molecule has 0 aliphatic carbocycles. The van der Waals surface area contributed by atoms with Crippen molar-refractivity contribution in [1.29, 1.82) is 0 Å². The maximum Gasteiger partial charge on any atom is 0.317 e. The molecule has 34 heavy (non-hydrogen) atoms. The fourth-order valence-corrected chi connectivity index (χ4v) is 4.44. The number of likely N-dealkylation sites (N-methyl/N-ethyl adjacent to an activating group) is 1. The van der Waals surface area contributed by atoms with E-state index >= 15 is 0 Å². The molecule has 2 aromatic carbocycles. The molecule has 182 valence electrons. The van der Waals surface area contributed by atoms with Gasteiger partial charge in [0.05, 0.1) is 24.9 Å². The molecular formula is C26H35N5O3. The maximum absolute atomic E-state index is 10.9. The molecule has 0 bridgehead atoms. The Morgan fingerprint density at radius 1 is 1.12 bits per heavy atom. The second-order valence-corrected chi connectivity index (χ2v) is 9.14. The number of hydrogen-bond acceptors (Lipinski definition) is 7. The van der Waals surface area contributed by atoms with Crippen molar-refractivity contribution < 1.29 is 14.7 Å². The molecular weight excluding hydrogens is 430 g/mol. The molecule has 2 saturated heterocycles. The molecule has 2 aliphatic rings. The highest BCUT2D eigenvalue weighted by Crippen LogP contribution is 2.26. The van der Waals surface area contributed by atoms with Gasteiger partial charge in [-0.2, -0.15) is 10.6 Å². The normalized spacial score (nSPS) is 21.8. The van der Waals surface area contributed by atoms with Gasteiger partial charge in [-0.3, -0.25) is 24.4 Å². The Kier molecular flexibility index (Phi) is 8.65. The molecule has 2 atom stereocenters. The van der Waals surface area contributed by atoms with Crippen molar-refractivity contribution in [1.82, 2.24) is 20.3 Å². The van der Waals surface area contributed by atoms with Crippen molar-refractivity contribution >= 4 is 12.2 Å². The number of nitrogens with one attached hydrogen (secondary N) is 1. The van der Waals surface area contributed by atoms with E-state index < -0.39 is 5.97 Å². The number of carboxylic acid groups (broad SMARTS) is 1. The van der Waals surface area contributed by atoms with Crippen molar-refractivity contribution in [3.05, 3.63) is 71.3 Å². The third kappa shape index (κ3) is 7.36. The number of carboxylic acids is 1. The number of hydroxylamine groups is 1. The van der Waals surface area contributed by atoms with E-state index in [-0.39, 0.29) is 18.7 Å². The van der Waals surface area contributed by atoms with Crippen LogP contribution in [0.1, 0.15) is 29.2 Å². The number of piperazine rings is 1. The zero-order valence-corrected chi connectivity index (χ0v) is 19.8. The number of carbonyl (C=O) groups is 1. The van der Waals surface area contributed by atoms with Crippen LogP contribution in [-0.2, 0) is 16.1 Å². The van der Waals surface area contributed by atoms with Crippen molar-refractivity contribution in [2.24, 2.45) is 5.10 Å². The minimum absolute atomic E-state index is 0.127. The minimum atomic E-state index is -0.757. The van der Waals surface area contributed by atoms with Crippen LogP contribution in [0.25, 0.3) is 0 Å². The average molecular weight is 466 g/mol. The van der Waals surface area contributed by atoms with Gasteiger partial charge in [-0.25, -0.2) is 0 Å². The van der Waals surface area contributed by atoms with Crippen LogP contribution < -0.4 is 5.48 Å². The minimum Gasteiger partial charge on any atom is -0.480 e. The molecule has 2 N–H and O–H groups in total. The molecule has 8 heteroatoms. The first-order valence-corrected chi connectivity index (χ1v) is 12.0. The van der Waals surface area contributed by atoms with Gasteiger partial charge in [0.25, 0.3) is 0 Å². The molecule has 8 nitrogen and oxygen atoms in total. The van der Waals surface area contributed by atoms with E-state index in [0.717, 1.165) is 57.7 Å². The number of rotatable bonds is 10. The Morgan fingerprint density at radius 2 is 1.82 bits per heavy atom. The molecule has 2 aromatic rings. The van der Waals surface area contributed by atoms with Crippen LogP contribution in [-0.4, -0.2) is 91.1 Å². The Morgan fingerprint density at radius 3 is 2.53 bits per heavy atom. The summed E-state index contributed by atoms with van der Waals surface area (Å²) in [6, 6.07) is 19.1. The van der Waals surface area contributed by atoms with Crippen LogP contribution in [0, 0.1) is 0 Å². The lowest BCUT2D eigenvalue weighted by molar-refractivity contribution is -0.138. The third-order valence-electron chi connectivity index (χ3n) is 6.47. The highest BCUT2D eigenvalue weighted by molar-refractivity contribution is 5.79. The van der Waals surface area contributed by atoms with Crippen molar-refractivity contribution in [3.63, 3.8) is 0 Å². The average Bonchev–Trinajstić information content (AvgIpc) is 3.32. The van der Waals surface area contributed by atoms with Crippen molar-refractivity contribution in [3.8, 4) is 0 Å². The SMILES string of the molecule is CN(CCc1ccccc1)N=Cc1ccc(C2CC(CN3CCN(CC(=O)O)CC3)ON2)cc1. The first-order chi connectivity index (χ1) is 16.5. The summed E-state index contributed by atoms with van der Waals surface area (Å²) in [5, 5.41) is 15.5. The number of hydrazone groups is 1. The van der Waals surface area contributed by atoms with E-state index in [4.69, 9.17) is 9.94 Å². The van der Waals surface area contributed by atoms with Gasteiger partial charge in [0.2, 0.25) is 0 Å². The van der Waals surface area contributed by atoms with E-state index in [0.29, 0.717) is 0 Å². The molecule has 0 amide bonds. The summed E-state index contributed by atoms with van der Waals surface area (Å²) in [5.74, 6) is -0.757. The van der Waals surface area contributed by atoms with Gasteiger partial charge in [-0.1, -0.05) is 54.6 Å². The predicted octanol–water partition coefficient (Wildman–Crippen LogP) is 2.23. The number of benzene rings is 2. The lowest BCUT2D eigenvalue weighted by Crippen LogP contribution is -2.49. The lowest BCUT2D eigenvalue weighted by Gasteiger charge is -2.34. The second kappa shape index (κ2) is 12.1. The summed E-state index contributed by atoms with van der Waals surface area (Å²) in [6.45, 7) is 5.21. The Bertz CT molecular complexity index is 929. The summed E-state index contributed by atoms with van der Waals surface area (Å²) in [6.07, 6.45) is 3.93. The van der Waals surface area contributed by atoms with Gasteiger partial charge >= 0.3 is 5.97 Å². The first-order valence-electron chi connectivity index (χ1n) is 12.0. The van der Waals surface area contributed by atoms with Gasteiger partial charge in [-0.05, 0) is 29.5 Å². The summed E-state index contributed by atoms with van der Waals surface area (Å²) in [4.78, 5) is 21.1. The molecule has 4 rings (SSSR count). The van der Waals surface area contributed by atoms with E-state index in [1.165, 1.54) is 11.1 Å². The molecule has 2 unspecified atom stereocenters. The predicted molar refractivity (Wildman–Crippen MR) is 133 cm³/mol. The Balaban J connectivity index is 1.19. The van der Waals surface area contributed by atoms with Crippen LogP contribution in [0.4, 0.5) is 0 Å². The van der Waals surface area contributed by atoms with E-state index in [1.54, 1.807) is 0 Å². The van der Waals surface area contributed by atoms with Gasteiger partial charge < -0.3 is 5.11 Å². The van der Waals surface area contributed by atoms with Crippen LogP contribution in [0.2, 0.25) is 0 Å². The molecule has 0 radical (unpaired) electrons. The summed E-state index contributed by atoms with van der Waals surface area (Å²) < 4.78 is 0. The van der Waals surface area contributed by atoms with Crippen molar-refractivity contribution in [2.45, 2.75) is 25.0 Å². The molecule has 0 aromatic heterocycles.